The van der Waals surface area contributed by atoms with E-state index in [1.807, 2.05) is 0 Å². The summed E-state index contributed by atoms with van der Waals surface area (Å²) in [6.45, 7) is 22.7. The van der Waals surface area contributed by atoms with Gasteiger partial charge in [-0.05, 0) is 87.8 Å². The third-order valence-corrected chi connectivity index (χ3v) is 8.54. The van der Waals surface area contributed by atoms with Crippen molar-refractivity contribution in [3.05, 3.63) is 101 Å². The maximum atomic E-state index is 11.6. The van der Waals surface area contributed by atoms with Crippen LogP contribution < -0.4 is 0 Å². The van der Waals surface area contributed by atoms with Crippen molar-refractivity contribution in [1.82, 2.24) is 0 Å². The number of rotatable bonds is 19. The van der Waals surface area contributed by atoms with Crippen molar-refractivity contribution in [2.24, 2.45) is 0 Å². The molecule has 0 spiro atoms. The average molecular weight is 686 g/mol. The third kappa shape index (κ3) is 17.8. The molecule has 47 heavy (non-hydrogen) atoms. The van der Waals surface area contributed by atoms with Crippen LogP contribution in [0.1, 0.15) is 177 Å². The maximum absolute atomic E-state index is 11.6. The second-order valence-corrected chi connectivity index (χ2v) is 13.3. The van der Waals surface area contributed by atoms with Crippen LogP contribution in [0.5, 0.6) is 0 Å². The quantitative estimate of drug-likeness (QED) is 0.0609. The Labute approximate surface area is 302 Å². The summed E-state index contributed by atoms with van der Waals surface area (Å²) in [4.78, 5) is 0. The minimum absolute atomic E-state index is 0. The molecule has 266 valence electrons. The fourth-order valence-corrected chi connectivity index (χ4v) is 5.94. The van der Waals surface area contributed by atoms with Crippen LogP contribution in [0.2, 0.25) is 0 Å². The Balaban J connectivity index is 0.00000168. The van der Waals surface area contributed by atoms with E-state index in [4.69, 9.17) is 0 Å². The zero-order valence-electron chi connectivity index (χ0n) is 31.6. The van der Waals surface area contributed by atoms with E-state index >= 15 is 0 Å². The smallest absolute Gasteiger partial charge is 0.493 e. The van der Waals surface area contributed by atoms with Gasteiger partial charge in [0.25, 0.3) is 0 Å². The van der Waals surface area contributed by atoms with E-state index in [0.29, 0.717) is 0 Å². The van der Waals surface area contributed by atoms with Gasteiger partial charge >= 0.3 is 16.5 Å². The summed E-state index contributed by atoms with van der Waals surface area (Å²) in [6, 6.07) is 13.7. The second kappa shape index (κ2) is 27.9. The molecule has 0 saturated heterocycles. The van der Waals surface area contributed by atoms with Gasteiger partial charge in [-0.25, -0.2) is 4.70 Å². The summed E-state index contributed by atoms with van der Waals surface area (Å²) in [5, 5.41) is 0. The minimum Gasteiger partial charge on any atom is -0.493 e. The molecule has 0 bridgehead atoms. The number of unbranched alkanes of at least 4 members (excludes halogenated alkanes) is 11. The van der Waals surface area contributed by atoms with Crippen molar-refractivity contribution in [3.63, 3.8) is 0 Å². The average Bonchev–Trinajstić information content (AvgIpc) is 3.37. The first-order valence-corrected chi connectivity index (χ1v) is 19.0. The summed E-state index contributed by atoms with van der Waals surface area (Å²) in [7, 11) is 0. The van der Waals surface area contributed by atoms with Crippen LogP contribution in [0.3, 0.4) is 0 Å². The number of hydrogen-bond donors (Lipinski definition) is 0. The Morgan fingerprint density at radius 3 is 1.40 bits per heavy atom. The molecule has 2 aromatic rings. The topological polar surface area (TPSA) is 25.3 Å². The molecule has 1 aliphatic rings. The van der Waals surface area contributed by atoms with Crippen LogP contribution in [0.15, 0.2) is 48.0 Å². The summed E-state index contributed by atoms with van der Waals surface area (Å²) in [5.41, 5.74) is 22.3. The van der Waals surface area contributed by atoms with Crippen LogP contribution in [0.4, 0.5) is 0 Å². The van der Waals surface area contributed by atoms with Crippen LogP contribution in [-0.2, 0) is 29.3 Å². The normalized spacial score (nSPS) is 12.2. The van der Waals surface area contributed by atoms with Crippen molar-refractivity contribution in [1.29, 1.82) is 0 Å². The Kier molecular flexibility index (Phi) is 26.7. The monoisotopic (exact) mass is 684 g/mol. The van der Waals surface area contributed by atoms with Crippen molar-refractivity contribution in [2.45, 2.75) is 170 Å². The van der Waals surface area contributed by atoms with Crippen LogP contribution in [0, 0.1) is 27.7 Å². The van der Waals surface area contributed by atoms with E-state index in [1.165, 1.54) is 115 Å². The molecule has 3 rings (SSSR count). The molecule has 2 nitrogen and oxygen atoms in total. The first kappa shape index (κ1) is 45.0. The molecular weight excluding hydrogens is 615 g/mol. The van der Waals surface area contributed by atoms with Gasteiger partial charge < -0.3 is 19.4 Å². The molecule has 3 heteroatoms. The molecular formula is C44H70N2Ni. The van der Waals surface area contributed by atoms with Gasteiger partial charge in [-0.1, -0.05) is 129 Å². The molecule has 2 aromatic carbocycles. The summed E-state index contributed by atoms with van der Waals surface area (Å²) in [6.07, 6.45) is 25.3. The second-order valence-electron chi connectivity index (χ2n) is 13.3. The molecule has 0 amide bonds. The predicted octanol–water partition coefficient (Wildman–Crippen LogP) is 14.6. The summed E-state index contributed by atoms with van der Waals surface area (Å²) in [5.74, 6) is 0. The van der Waals surface area contributed by atoms with Gasteiger partial charge in [0.2, 0.25) is 11.4 Å². The predicted molar refractivity (Wildman–Crippen MR) is 206 cm³/mol. The van der Waals surface area contributed by atoms with Gasteiger partial charge in [0.1, 0.15) is 0 Å². The van der Waals surface area contributed by atoms with E-state index in [0.717, 1.165) is 61.9 Å². The van der Waals surface area contributed by atoms with Gasteiger partial charge in [-0.2, -0.15) is 12.8 Å². The fourth-order valence-electron chi connectivity index (χ4n) is 5.94. The minimum atomic E-state index is 0. The Hall–Kier alpha value is -1.99. The number of hydrogen-bond acceptors (Lipinski definition) is 0. The standard InChI is InChI=1S/C34H48N2.2C5H11.Ni/c1-6-9-12-14-16-28-22-29(17-15-13-10-7-2)24-32(23-28)34-30(18-11-8-3)25-33(36(34)35)31-20-26(4)19-27(5)21-31;2*1-3-5-4-2;/h19-25H,6-18H2,1-5H3;2*1,3-5H2,2H3;/q;2*-1;+2. The Bertz CT molecular complexity index is 1130. The van der Waals surface area contributed by atoms with Crippen molar-refractivity contribution in [3.8, 4) is 0 Å². The molecule has 0 radical (unpaired) electrons. The first-order valence-electron chi connectivity index (χ1n) is 19.0. The number of aryl methyl sites for hydroxylation is 4. The largest absolute Gasteiger partial charge is 2.00 e. The van der Waals surface area contributed by atoms with Gasteiger partial charge in [0, 0.05) is 22.8 Å². The molecule has 0 atom stereocenters. The first-order chi connectivity index (χ1) is 22.3. The molecule has 1 aliphatic heterocycles. The number of nitrogens with zero attached hydrogens (tertiary/aromatic N) is 2. The molecule has 0 unspecified atom stereocenters. The number of allylic oxidation sites excluding steroid dienone is 2. The van der Waals surface area contributed by atoms with Gasteiger partial charge in [0.05, 0.1) is 0 Å². The molecule has 0 aromatic heterocycles. The van der Waals surface area contributed by atoms with E-state index in [9.17, 15) is 5.53 Å². The van der Waals surface area contributed by atoms with Gasteiger partial charge in [-0.3, -0.25) is 0 Å². The van der Waals surface area contributed by atoms with Crippen molar-refractivity contribution >= 4 is 11.4 Å². The van der Waals surface area contributed by atoms with Crippen LogP contribution >= 0.6 is 0 Å². The van der Waals surface area contributed by atoms with E-state index in [-0.39, 0.29) is 16.5 Å². The fraction of sp³-hybridized carbons (Fsp3) is 0.591. The van der Waals surface area contributed by atoms with Crippen molar-refractivity contribution < 1.29 is 21.2 Å². The molecule has 0 fully saturated rings. The molecule has 1 heterocycles. The van der Waals surface area contributed by atoms with E-state index < -0.39 is 0 Å². The number of benzene rings is 2. The third-order valence-electron chi connectivity index (χ3n) is 8.54. The van der Waals surface area contributed by atoms with Crippen molar-refractivity contribution in [2.75, 3.05) is 0 Å². The SMILES string of the molecule is CCCCCCc1cc(CCCCCC)cc(C2=C(CCCC)C=C(c3cc(C)cc(C)c3)[N+]2=[N-])c1.[CH2-]CCCC.[CH2-]CCCC.[Ni+2]. The summed E-state index contributed by atoms with van der Waals surface area (Å²) >= 11 is 0. The Morgan fingerprint density at radius 2 is 1.00 bits per heavy atom. The van der Waals surface area contributed by atoms with Crippen LogP contribution in [0.25, 0.3) is 16.9 Å². The van der Waals surface area contributed by atoms with E-state index in [1.54, 1.807) is 0 Å². The molecule has 0 saturated carbocycles. The Morgan fingerprint density at radius 1 is 0.532 bits per heavy atom. The summed E-state index contributed by atoms with van der Waals surface area (Å²) < 4.78 is 1.48. The zero-order chi connectivity index (χ0) is 34.2. The zero-order valence-corrected chi connectivity index (χ0v) is 32.6. The van der Waals surface area contributed by atoms with E-state index in [2.05, 4.69) is 105 Å². The molecule has 0 aliphatic carbocycles. The van der Waals surface area contributed by atoms with Gasteiger partial charge in [0.15, 0.2) is 0 Å². The maximum Gasteiger partial charge on any atom is 2.00 e. The van der Waals surface area contributed by atoms with Crippen LogP contribution in [-0.4, -0.2) is 4.70 Å². The van der Waals surface area contributed by atoms with Gasteiger partial charge in [-0.15, -0.1) is 0 Å². The molecule has 0 N–H and O–H groups in total.